The van der Waals surface area contributed by atoms with Gasteiger partial charge in [0, 0.05) is 12.6 Å². The number of nitrogens with zero attached hydrogens (tertiary/aromatic N) is 1. The largest absolute Gasteiger partial charge is 0.465 e. The van der Waals surface area contributed by atoms with E-state index >= 15 is 0 Å². The van der Waals surface area contributed by atoms with Gasteiger partial charge in [0.25, 0.3) is 0 Å². The number of alkyl halides is 1. The molecule has 1 saturated heterocycles. The van der Waals surface area contributed by atoms with Crippen LogP contribution in [0.1, 0.15) is 6.42 Å². The normalized spacial score (nSPS) is 30.9. The van der Waals surface area contributed by atoms with E-state index in [4.69, 9.17) is 10.8 Å². The number of hydrogen-bond acceptors (Lipinski definition) is 2. The standard InChI is InChI=1S/C6H11FN2O2/c7-2-5-1-4(8)3-9(5)6(10)11/h4-5H,1-3,8H2,(H,10,11)/t4-,5+/m1/s1. The Balaban J connectivity index is 2.57. The molecule has 0 saturated carbocycles. The minimum atomic E-state index is -1.08. The van der Waals surface area contributed by atoms with Crippen LogP contribution in [0.3, 0.4) is 0 Å². The molecule has 0 radical (unpaired) electrons. The average Bonchev–Trinajstić information content (AvgIpc) is 2.30. The second-order valence-corrected chi connectivity index (χ2v) is 2.74. The summed E-state index contributed by atoms with van der Waals surface area (Å²) in [5.74, 6) is 0. The van der Waals surface area contributed by atoms with Crippen LogP contribution in [0.15, 0.2) is 0 Å². The number of amides is 1. The molecule has 5 heteroatoms. The van der Waals surface area contributed by atoms with Gasteiger partial charge in [-0.1, -0.05) is 0 Å². The van der Waals surface area contributed by atoms with Crippen LogP contribution in [0, 0.1) is 0 Å². The molecule has 0 aromatic heterocycles. The molecule has 2 atom stereocenters. The zero-order valence-corrected chi connectivity index (χ0v) is 6.03. The molecule has 0 aromatic rings. The van der Waals surface area contributed by atoms with Gasteiger partial charge in [0.1, 0.15) is 6.67 Å². The van der Waals surface area contributed by atoms with Gasteiger partial charge in [0.2, 0.25) is 0 Å². The van der Waals surface area contributed by atoms with Gasteiger partial charge in [-0.05, 0) is 6.42 Å². The van der Waals surface area contributed by atoms with Gasteiger partial charge in [0.15, 0.2) is 0 Å². The molecule has 64 valence electrons. The van der Waals surface area contributed by atoms with Crippen molar-refractivity contribution in [3.63, 3.8) is 0 Å². The van der Waals surface area contributed by atoms with Gasteiger partial charge in [0.05, 0.1) is 6.04 Å². The fourth-order valence-electron chi connectivity index (χ4n) is 1.33. The molecular formula is C6H11FN2O2. The SMILES string of the molecule is N[C@@H]1C[C@@H](CF)N(C(=O)O)C1. The van der Waals surface area contributed by atoms with E-state index in [1.807, 2.05) is 0 Å². The molecule has 0 bridgehead atoms. The minimum absolute atomic E-state index is 0.202. The van der Waals surface area contributed by atoms with Crippen LogP contribution in [-0.2, 0) is 0 Å². The van der Waals surface area contributed by atoms with Crippen molar-refractivity contribution in [2.24, 2.45) is 5.73 Å². The van der Waals surface area contributed by atoms with Gasteiger partial charge in [-0.25, -0.2) is 9.18 Å². The first-order valence-electron chi connectivity index (χ1n) is 3.46. The molecule has 1 aliphatic heterocycles. The Kier molecular flexibility index (Phi) is 2.28. The molecule has 0 aliphatic carbocycles. The average molecular weight is 162 g/mol. The zero-order chi connectivity index (χ0) is 8.43. The fraction of sp³-hybridized carbons (Fsp3) is 0.833. The number of nitrogens with two attached hydrogens (primary N) is 1. The monoisotopic (exact) mass is 162 g/mol. The van der Waals surface area contributed by atoms with Crippen molar-refractivity contribution in [1.29, 1.82) is 0 Å². The minimum Gasteiger partial charge on any atom is -0.465 e. The van der Waals surface area contributed by atoms with Gasteiger partial charge < -0.3 is 15.7 Å². The Labute approximate surface area is 63.8 Å². The lowest BCUT2D eigenvalue weighted by atomic mass is 10.2. The first kappa shape index (κ1) is 8.26. The summed E-state index contributed by atoms with van der Waals surface area (Å²) in [5, 5.41) is 8.54. The highest BCUT2D eigenvalue weighted by atomic mass is 19.1. The predicted octanol–water partition coefficient (Wildman–Crippen LogP) is 0.0355. The van der Waals surface area contributed by atoms with Crippen LogP contribution in [-0.4, -0.2) is 41.4 Å². The van der Waals surface area contributed by atoms with Crippen molar-refractivity contribution in [3.8, 4) is 0 Å². The summed E-state index contributed by atoms with van der Waals surface area (Å²) < 4.78 is 12.1. The van der Waals surface area contributed by atoms with Crippen molar-refractivity contribution in [2.75, 3.05) is 13.2 Å². The molecule has 4 nitrogen and oxygen atoms in total. The summed E-state index contributed by atoms with van der Waals surface area (Å²) in [6, 6.07) is -0.727. The van der Waals surface area contributed by atoms with Crippen molar-refractivity contribution in [3.05, 3.63) is 0 Å². The Hall–Kier alpha value is -0.840. The Morgan fingerprint density at radius 1 is 1.82 bits per heavy atom. The molecule has 1 rings (SSSR count). The Morgan fingerprint density at radius 2 is 2.45 bits per heavy atom. The lowest BCUT2D eigenvalue weighted by Crippen LogP contribution is -2.36. The highest BCUT2D eigenvalue weighted by molar-refractivity contribution is 5.66. The third kappa shape index (κ3) is 1.59. The quantitative estimate of drug-likeness (QED) is 0.571. The van der Waals surface area contributed by atoms with Crippen LogP contribution in [0.5, 0.6) is 0 Å². The van der Waals surface area contributed by atoms with Crippen LogP contribution in [0.4, 0.5) is 9.18 Å². The number of likely N-dealkylation sites (tertiary alicyclic amines) is 1. The maximum atomic E-state index is 12.1. The van der Waals surface area contributed by atoms with E-state index in [1.165, 1.54) is 0 Å². The second-order valence-electron chi connectivity index (χ2n) is 2.74. The predicted molar refractivity (Wildman–Crippen MR) is 37.1 cm³/mol. The summed E-state index contributed by atoms with van der Waals surface area (Å²) >= 11 is 0. The summed E-state index contributed by atoms with van der Waals surface area (Å²) in [5.41, 5.74) is 5.46. The smallest absolute Gasteiger partial charge is 0.407 e. The molecule has 0 unspecified atom stereocenters. The first-order chi connectivity index (χ1) is 5.15. The fourth-order valence-corrected chi connectivity index (χ4v) is 1.33. The van der Waals surface area contributed by atoms with Gasteiger partial charge >= 0.3 is 6.09 Å². The zero-order valence-electron chi connectivity index (χ0n) is 6.03. The summed E-state index contributed by atoms with van der Waals surface area (Å²) in [6.45, 7) is -0.385. The third-order valence-corrected chi connectivity index (χ3v) is 1.87. The molecule has 1 amide bonds. The van der Waals surface area contributed by atoms with Crippen LogP contribution >= 0.6 is 0 Å². The molecule has 11 heavy (non-hydrogen) atoms. The topological polar surface area (TPSA) is 66.6 Å². The number of hydrogen-bond donors (Lipinski definition) is 2. The highest BCUT2D eigenvalue weighted by Crippen LogP contribution is 2.16. The molecule has 3 N–H and O–H groups in total. The lowest BCUT2D eigenvalue weighted by molar-refractivity contribution is 0.133. The summed E-state index contributed by atoms with van der Waals surface area (Å²) in [4.78, 5) is 11.5. The van der Waals surface area contributed by atoms with Crippen molar-refractivity contribution >= 4 is 6.09 Å². The van der Waals surface area contributed by atoms with Crippen molar-refractivity contribution in [2.45, 2.75) is 18.5 Å². The maximum Gasteiger partial charge on any atom is 0.407 e. The van der Waals surface area contributed by atoms with E-state index in [1.54, 1.807) is 0 Å². The van der Waals surface area contributed by atoms with E-state index in [9.17, 15) is 9.18 Å². The molecule has 0 aromatic carbocycles. The molecular weight excluding hydrogens is 151 g/mol. The van der Waals surface area contributed by atoms with E-state index in [2.05, 4.69) is 0 Å². The molecule has 0 spiro atoms. The van der Waals surface area contributed by atoms with E-state index in [-0.39, 0.29) is 12.6 Å². The number of rotatable bonds is 1. The third-order valence-electron chi connectivity index (χ3n) is 1.87. The summed E-state index contributed by atoms with van der Waals surface area (Å²) in [7, 11) is 0. The van der Waals surface area contributed by atoms with Gasteiger partial charge in [-0.2, -0.15) is 0 Å². The Bertz CT molecular complexity index is 165. The van der Waals surface area contributed by atoms with Crippen molar-refractivity contribution in [1.82, 2.24) is 4.90 Å². The van der Waals surface area contributed by atoms with Crippen LogP contribution in [0.25, 0.3) is 0 Å². The summed E-state index contributed by atoms with van der Waals surface area (Å²) in [6.07, 6.45) is -0.649. The van der Waals surface area contributed by atoms with E-state index < -0.39 is 18.8 Å². The lowest BCUT2D eigenvalue weighted by Gasteiger charge is -2.17. The molecule has 1 heterocycles. The first-order valence-corrected chi connectivity index (χ1v) is 3.46. The Morgan fingerprint density at radius 3 is 2.82 bits per heavy atom. The second kappa shape index (κ2) is 3.04. The number of carboxylic acid groups (broad SMARTS) is 1. The molecule has 1 aliphatic rings. The van der Waals surface area contributed by atoms with E-state index in [0.717, 1.165) is 4.90 Å². The van der Waals surface area contributed by atoms with Crippen molar-refractivity contribution < 1.29 is 14.3 Å². The number of halogens is 1. The number of carbonyl (C=O) groups is 1. The van der Waals surface area contributed by atoms with Gasteiger partial charge in [-0.15, -0.1) is 0 Å². The molecule has 1 fully saturated rings. The van der Waals surface area contributed by atoms with Crippen LogP contribution in [0.2, 0.25) is 0 Å². The van der Waals surface area contributed by atoms with E-state index in [0.29, 0.717) is 6.42 Å². The highest BCUT2D eigenvalue weighted by Gasteiger charge is 2.33. The van der Waals surface area contributed by atoms with Crippen LogP contribution < -0.4 is 5.73 Å². The van der Waals surface area contributed by atoms with Gasteiger partial charge in [-0.3, -0.25) is 0 Å². The maximum absolute atomic E-state index is 12.1.